The summed E-state index contributed by atoms with van der Waals surface area (Å²) >= 11 is 0. The number of carbonyl (C=O) groups excluding carboxylic acids is 1. The monoisotopic (exact) mass is 525 g/mol. The number of nitrogens with zero attached hydrogens (tertiary/aromatic N) is 2. The Morgan fingerprint density at radius 3 is 2.69 bits per heavy atom. The quantitative estimate of drug-likeness (QED) is 0.208. The Bertz CT molecular complexity index is 658. The van der Waals surface area contributed by atoms with E-state index in [1.807, 2.05) is 4.90 Å². The van der Waals surface area contributed by atoms with Crippen LogP contribution in [0, 0.1) is 11.6 Å². The zero-order valence-corrected chi connectivity index (χ0v) is 19.2. The molecule has 1 aromatic carbocycles. The molecule has 0 aromatic heterocycles. The number of hydrogen-bond acceptors (Lipinski definition) is 4. The van der Waals surface area contributed by atoms with Crippen LogP contribution in [0.5, 0.6) is 0 Å². The fourth-order valence-corrected chi connectivity index (χ4v) is 3.13. The molecule has 1 saturated heterocycles. The van der Waals surface area contributed by atoms with E-state index >= 15 is 0 Å². The summed E-state index contributed by atoms with van der Waals surface area (Å²) in [6.45, 7) is 2.64. The number of methoxy groups -OCH3 is 1. The summed E-state index contributed by atoms with van der Waals surface area (Å²) in [5.41, 5.74) is 0.0957. The van der Waals surface area contributed by atoms with Gasteiger partial charge in [-0.3, -0.25) is 14.7 Å². The van der Waals surface area contributed by atoms with E-state index in [1.165, 1.54) is 18.2 Å². The topological polar surface area (TPSA) is 78.0 Å². The van der Waals surface area contributed by atoms with Crippen molar-refractivity contribution in [2.45, 2.75) is 25.4 Å². The minimum absolute atomic E-state index is 0. The number of amides is 1. The minimum Gasteiger partial charge on any atom is -0.383 e. The van der Waals surface area contributed by atoms with Crippen LogP contribution in [0.2, 0.25) is 0 Å². The largest absolute Gasteiger partial charge is 0.383 e. The van der Waals surface area contributed by atoms with Crippen LogP contribution in [0.15, 0.2) is 23.2 Å². The summed E-state index contributed by atoms with van der Waals surface area (Å²) < 4.78 is 32.7. The molecule has 29 heavy (non-hydrogen) atoms. The van der Waals surface area contributed by atoms with Gasteiger partial charge in [0.15, 0.2) is 5.96 Å². The second-order valence-corrected chi connectivity index (χ2v) is 6.69. The van der Waals surface area contributed by atoms with Crippen LogP contribution in [0.4, 0.5) is 8.78 Å². The zero-order valence-electron chi connectivity index (χ0n) is 16.8. The van der Waals surface area contributed by atoms with E-state index in [1.54, 1.807) is 14.2 Å². The number of hydrogen-bond donors (Lipinski definition) is 3. The van der Waals surface area contributed by atoms with Crippen molar-refractivity contribution in [1.82, 2.24) is 20.9 Å². The Hall–Kier alpha value is -1.53. The molecule has 1 amide bonds. The first-order chi connectivity index (χ1) is 13.5. The Labute approximate surface area is 187 Å². The maximum atomic E-state index is 13.9. The van der Waals surface area contributed by atoms with Gasteiger partial charge in [-0.05, 0) is 31.5 Å². The van der Waals surface area contributed by atoms with Gasteiger partial charge >= 0.3 is 0 Å². The summed E-state index contributed by atoms with van der Waals surface area (Å²) in [5.74, 6) is -0.676. The van der Waals surface area contributed by atoms with Crippen LogP contribution in [-0.2, 0) is 16.1 Å². The van der Waals surface area contributed by atoms with Crippen molar-refractivity contribution in [3.05, 3.63) is 35.4 Å². The Morgan fingerprint density at radius 1 is 1.31 bits per heavy atom. The number of halogens is 3. The highest BCUT2D eigenvalue weighted by Gasteiger charge is 2.22. The van der Waals surface area contributed by atoms with E-state index in [-0.39, 0.29) is 54.6 Å². The summed E-state index contributed by atoms with van der Waals surface area (Å²) in [6.07, 6.45) is 1.82. The molecule has 2 rings (SSSR count). The molecule has 1 heterocycles. The zero-order chi connectivity index (χ0) is 20.4. The summed E-state index contributed by atoms with van der Waals surface area (Å²) in [5, 5.41) is 8.98. The number of likely N-dealkylation sites (tertiary alicyclic amines) is 1. The predicted octanol–water partition coefficient (Wildman–Crippen LogP) is 1.47. The molecule has 3 N–H and O–H groups in total. The number of carbonyl (C=O) groups is 1. The smallest absolute Gasteiger partial charge is 0.239 e. The van der Waals surface area contributed by atoms with Crippen LogP contribution in [-0.4, -0.2) is 69.8 Å². The third-order valence-corrected chi connectivity index (χ3v) is 4.56. The summed E-state index contributed by atoms with van der Waals surface area (Å²) in [4.78, 5) is 17.9. The van der Waals surface area contributed by atoms with E-state index in [0.717, 1.165) is 19.4 Å². The average molecular weight is 525 g/mol. The molecule has 0 saturated carbocycles. The molecule has 1 aliphatic heterocycles. The Morgan fingerprint density at radius 2 is 2.03 bits per heavy atom. The van der Waals surface area contributed by atoms with Crippen molar-refractivity contribution < 1.29 is 18.3 Å². The number of rotatable bonds is 8. The van der Waals surface area contributed by atoms with E-state index in [9.17, 15) is 13.6 Å². The van der Waals surface area contributed by atoms with Gasteiger partial charge in [0.1, 0.15) is 11.6 Å². The number of aliphatic imine (C=N–C) groups is 1. The van der Waals surface area contributed by atoms with Gasteiger partial charge in [0.2, 0.25) is 5.91 Å². The van der Waals surface area contributed by atoms with E-state index < -0.39 is 11.6 Å². The number of nitrogens with one attached hydrogen (secondary N) is 3. The first-order valence-electron chi connectivity index (χ1n) is 9.41. The SMILES string of the molecule is CN=C(NCC(=O)NCCOC)NC1CCCN(Cc2c(F)cccc2F)C1.I. The fraction of sp³-hybridized carbons (Fsp3) is 0.579. The van der Waals surface area contributed by atoms with Crippen LogP contribution in [0.3, 0.4) is 0 Å². The number of ether oxygens (including phenoxy) is 1. The highest BCUT2D eigenvalue weighted by atomic mass is 127. The molecule has 1 aromatic rings. The molecule has 1 unspecified atom stereocenters. The fourth-order valence-electron chi connectivity index (χ4n) is 3.13. The molecule has 0 aliphatic carbocycles. The lowest BCUT2D eigenvalue weighted by atomic mass is 10.0. The van der Waals surface area contributed by atoms with Gasteiger partial charge in [-0.15, -0.1) is 24.0 Å². The highest BCUT2D eigenvalue weighted by Crippen LogP contribution is 2.18. The normalized spacial score (nSPS) is 17.4. The standard InChI is InChI=1S/C19H29F2N5O2.HI/c1-22-19(24-11-18(27)23-8-10-28-2)25-14-5-4-9-26(12-14)13-15-16(20)6-3-7-17(15)21;/h3,6-7,14H,4-5,8-13H2,1-2H3,(H,23,27)(H2,22,24,25);1H. The number of benzene rings is 1. The first-order valence-corrected chi connectivity index (χ1v) is 9.41. The molecule has 7 nitrogen and oxygen atoms in total. The van der Waals surface area contributed by atoms with Crippen molar-refractivity contribution in [3.63, 3.8) is 0 Å². The van der Waals surface area contributed by atoms with Crippen LogP contribution in [0.25, 0.3) is 0 Å². The molecule has 1 atom stereocenters. The minimum atomic E-state index is -0.521. The molecular weight excluding hydrogens is 495 g/mol. The lowest BCUT2D eigenvalue weighted by molar-refractivity contribution is -0.120. The van der Waals surface area contributed by atoms with Crippen molar-refractivity contribution in [2.24, 2.45) is 4.99 Å². The molecule has 10 heteroatoms. The van der Waals surface area contributed by atoms with Gasteiger partial charge in [-0.1, -0.05) is 6.07 Å². The van der Waals surface area contributed by atoms with Crippen LogP contribution >= 0.6 is 24.0 Å². The Balaban J connectivity index is 0.00000420. The van der Waals surface area contributed by atoms with Gasteiger partial charge in [-0.2, -0.15) is 0 Å². The number of guanidine groups is 1. The number of piperidine rings is 1. The van der Waals surface area contributed by atoms with Crippen molar-refractivity contribution in [1.29, 1.82) is 0 Å². The van der Waals surface area contributed by atoms with Crippen LogP contribution < -0.4 is 16.0 Å². The third kappa shape index (κ3) is 8.79. The highest BCUT2D eigenvalue weighted by molar-refractivity contribution is 14.0. The maximum Gasteiger partial charge on any atom is 0.239 e. The summed E-state index contributed by atoms with van der Waals surface area (Å²) in [7, 11) is 3.21. The molecule has 1 aliphatic rings. The third-order valence-electron chi connectivity index (χ3n) is 4.56. The van der Waals surface area contributed by atoms with Crippen LogP contribution in [0.1, 0.15) is 18.4 Å². The molecule has 164 valence electrons. The molecule has 0 bridgehead atoms. The molecule has 0 spiro atoms. The Kier molecular flexibility index (Phi) is 12.0. The van der Waals surface area contributed by atoms with Crippen molar-refractivity contribution in [2.75, 3.05) is 46.9 Å². The van der Waals surface area contributed by atoms with Gasteiger partial charge in [0, 0.05) is 45.4 Å². The average Bonchev–Trinajstić information content (AvgIpc) is 2.68. The maximum absolute atomic E-state index is 13.9. The lowest BCUT2D eigenvalue weighted by Gasteiger charge is -2.34. The lowest BCUT2D eigenvalue weighted by Crippen LogP contribution is -2.52. The van der Waals surface area contributed by atoms with Crippen molar-refractivity contribution in [3.8, 4) is 0 Å². The molecular formula is C19H30F2IN5O2. The molecule has 1 fully saturated rings. The van der Waals surface area contributed by atoms with Gasteiger partial charge in [0.05, 0.1) is 13.2 Å². The van der Waals surface area contributed by atoms with Crippen molar-refractivity contribution >= 4 is 35.8 Å². The van der Waals surface area contributed by atoms with Gasteiger partial charge in [0.25, 0.3) is 0 Å². The second kappa shape index (κ2) is 13.6. The van der Waals surface area contributed by atoms with E-state index in [4.69, 9.17) is 4.74 Å². The predicted molar refractivity (Wildman–Crippen MR) is 119 cm³/mol. The van der Waals surface area contributed by atoms with Gasteiger partial charge in [-0.25, -0.2) is 8.78 Å². The molecule has 0 radical (unpaired) electrons. The second-order valence-electron chi connectivity index (χ2n) is 6.69. The van der Waals surface area contributed by atoms with E-state index in [2.05, 4.69) is 20.9 Å². The van der Waals surface area contributed by atoms with E-state index in [0.29, 0.717) is 25.7 Å². The summed E-state index contributed by atoms with van der Waals surface area (Å²) in [6, 6.07) is 4.00. The first kappa shape index (κ1) is 25.5. The van der Waals surface area contributed by atoms with Gasteiger partial charge < -0.3 is 20.7 Å².